The zero-order chi connectivity index (χ0) is 20.2. The summed E-state index contributed by atoms with van der Waals surface area (Å²) in [4.78, 5) is 11.3. The quantitative estimate of drug-likeness (QED) is 0.602. The summed E-state index contributed by atoms with van der Waals surface area (Å²) in [6.07, 6.45) is 0.523. The molecule has 1 amide bonds. The number of carbonyl (C=O) groups excluding carboxylic acids is 1. The van der Waals surface area contributed by atoms with Gasteiger partial charge < -0.3 is 19.5 Å². The minimum atomic E-state index is -0.263. The van der Waals surface area contributed by atoms with Crippen molar-refractivity contribution in [1.29, 1.82) is 5.26 Å². The highest BCUT2D eigenvalue weighted by molar-refractivity contribution is 5.77. The van der Waals surface area contributed by atoms with Crippen molar-refractivity contribution < 1.29 is 19.0 Å². The fraction of sp³-hybridized carbons (Fsp3) is 0.364. The molecule has 0 atom stereocenters. The Morgan fingerprint density at radius 1 is 1.07 bits per heavy atom. The van der Waals surface area contributed by atoms with Crippen molar-refractivity contribution in [2.45, 2.75) is 26.7 Å². The van der Waals surface area contributed by atoms with Crippen molar-refractivity contribution in [1.82, 2.24) is 5.32 Å². The lowest BCUT2D eigenvalue weighted by molar-refractivity contribution is -0.120. The van der Waals surface area contributed by atoms with Crippen LogP contribution in [0.2, 0.25) is 0 Å². The van der Waals surface area contributed by atoms with Crippen LogP contribution in [-0.4, -0.2) is 32.3 Å². The lowest BCUT2D eigenvalue weighted by atomic mass is 10.1. The largest absolute Gasteiger partial charge is 0.490 e. The smallest absolute Gasteiger partial charge is 0.234 e. The highest BCUT2D eigenvalue weighted by Crippen LogP contribution is 2.28. The fourth-order valence-electron chi connectivity index (χ4n) is 2.59. The standard InChI is InChI=1S/C22H26N2O4/c1-3-26-21-16-18(10-12-24-22(25)9-11-23)7-8-20(21)28-14-13-27-19-6-4-5-17(2)15-19/h4-8,15-16H,3,9-10,12-14H2,1-2H3,(H,24,25). The Kier molecular flexibility index (Phi) is 8.67. The summed E-state index contributed by atoms with van der Waals surface area (Å²) in [7, 11) is 0. The summed E-state index contributed by atoms with van der Waals surface area (Å²) in [5, 5.41) is 11.2. The average Bonchev–Trinajstić information content (AvgIpc) is 2.67. The van der Waals surface area contributed by atoms with Crippen molar-refractivity contribution in [3.05, 3.63) is 53.6 Å². The van der Waals surface area contributed by atoms with Gasteiger partial charge in [-0.15, -0.1) is 0 Å². The molecule has 0 aliphatic carbocycles. The number of hydrogen-bond acceptors (Lipinski definition) is 5. The first-order valence-electron chi connectivity index (χ1n) is 9.34. The van der Waals surface area contributed by atoms with Crippen LogP contribution >= 0.6 is 0 Å². The van der Waals surface area contributed by atoms with Gasteiger partial charge in [-0.25, -0.2) is 0 Å². The van der Waals surface area contributed by atoms with Crippen LogP contribution in [0.3, 0.4) is 0 Å². The molecule has 2 aromatic rings. The second kappa shape index (κ2) is 11.5. The molecule has 0 aromatic heterocycles. The summed E-state index contributed by atoms with van der Waals surface area (Å²) < 4.78 is 17.2. The van der Waals surface area contributed by atoms with E-state index in [-0.39, 0.29) is 12.3 Å². The molecule has 6 heteroatoms. The normalized spacial score (nSPS) is 10.0. The van der Waals surface area contributed by atoms with Crippen LogP contribution in [0.25, 0.3) is 0 Å². The van der Waals surface area contributed by atoms with E-state index < -0.39 is 0 Å². The minimum absolute atomic E-state index is 0.123. The number of nitrogens with zero attached hydrogens (tertiary/aromatic N) is 1. The number of carbonyl (C=O) groups is 1. The molecule has 2 rings (SSSR count). The molecule has 0 aliphatic rings. The maximum atomic E-state index is 11.3. The maximum Gasteiger partial charge on any atom is 0.234 e. The van der Waals surface area contributed by atoms with Crippen molar-refractivity contribution in [2.75, 3.05) is 26.4 Å². The van der Waals surface area contributed by atoms with Gasteiger partial charge in [0.1, 0.15) is 25.4 Å². The van der Waals surface area contributed by atoms with Gasteiger partial charge in [0, 0.05) is 6.54 Å². The molecule has 0 heterocycles. The van der Waals surface area contributed by atoms with E-state index >= 15 is 0 Å². The van der Waals surface area contributed by atoms with Crippen molar-refractivity contribution in [3.8, 4) is 23.3 Å². The topological polar surface area (TPSA) is 80.6 Å². The molecule has 0 fully saturated rings. The fourth-order valence-corrected chi connectivity index (χ4v) is 2.59. The molecule has 28 heavy (non-hydrogen) atoms. The Balaban J connectivity index is 1.85. The molecule has 0 radical (unpaired) electrons. The van der Waals surface area contributed by atoms with E-state index in [1.54, 1.807) is 0 Å². The third-order valence-corrected chi connectivity index (χ3v) is 3.88. The number of ether oxygens (including phenoxy) is 3. The van der Waals surface area contributed by atoms with Crippen LogP contribution in [0.15, 0.2) is 42.5 Å². The molecular weight excluding hydrogens is 356 g/mol. The first-order valence-corrected chi connectivity index (χ1v) is 9.34. The van der Waals surface area contributed by atoms with Crippen molar-refractivity contribution >= 4 is 5.91 Å². The Hall–Kier alpha value is -3.20. The first-order chi connectivity index (χ1) is 13.6. The molecule has 0 spiro atoms. The number of hydrogen-bond donors (Lipinski definition) is 1. The van der Waals surface area contributed by atoms with Crippen LogP contribution in [0.5, 0.6) is 17.2 Å². The van der Waals surface area contributed by atoms with E-state index in [0.717, 1.165) is 16.9 Å². The molecular formula is C22H26N2O4. The second-order valence-corrected chi connectivity index (χ2v) is 6.16. The van der Waals surface area contributed by atoms with E-state index in [2.05, 4.69) is 5.32 Å². The molecule has 148 valence electrons. The van der Waals surface area contributed by atoms with E-state index in [4.69, 9.17) is 19.5 Å². The van der Waals surface area contributed by atoms with E-state index in [0.29, 0.717) is 44.3 Å². The number of nitrogens with one attached hydrogen (secondary N) is 1. The van der Waals surface area contributed by atoms with E-state index in [1.807, 2.05) is 62.4 Å². The molecule has 2 aromatic carbocycles. The maximum absolute atomic E-state index is 11.3. The van der Waals surface area contributed by atoms with Gasteiger partial charge in [-0.1, -0.05) is 18.2 Å². The molecule has 1 N–H and O–H groups in total. The van der Waals surface area contributed by atoms with E-state index in [1.165, 1.54) is 0 Å². The zero-order valence-corrected chi connectivity index (χ0v) is 16.4. The van der Waals surface area contributed by atoms with Gasteiger partial charge >= 0.3 is 0 Å². The lowest BCUT2D eigenvalue weighted by Crippen LogP contribution is -2.24. The molecule has 0 aliphatic heterocycles. The van der Waals surface area contributed by atoms with Crippen molar-refractivity contribution in [3.63, 3.8) is 0 Å². The molecule has 6 nitrogen and oxygen atoms in total. The van der Waals surface area contributed by atoms with Gasteiger partial charge in [0.05, 0.1) is 12.7 Å². The number of aryl methyl sites for hydroxylation is 1. The van der Waals surface area contributed by atoms with Crippen LogP contribution < -0.4 is 19.5 Å². The number of rotatable bonds is 11. The van der Waals surface area contributed by atoms with Gasteiger partial charge in [-0.05, 0) is 55.7 Å². The highest BCUT2D eigenvalue weighted by Gasteiger charge is 2.08. The summed E-state index contributed by atoms with van der Waals surface area (Å²) in [5.41, 5.74) is 2.17. The van der Waals surface area contributed by atoms with Crippen molar-refractivity contribution in [2.24, 2.45) is 0 Å². The summed E-state index contributed by atoms with van der Waals surface area (Å²) in [6, 6.07) is 15.4. The summed E-state index contributed by atoms with van der Waals surface area (Å²) in [5.74, 6) is 1.88. The third-order valence-electron chi connectivity index (χ3n) is 3.88. The molecule has 0 bridgehead atoms. The average molecular weight is 382 g/mol. The Bertz CT molecular complexity index is 814. The summed E-state index contributed by atoms with van der Waals surface area (Å²) in [6.45, 7) is 5.77. The summed E-state index contributed by atoms with van der Waals surface area (Å²) >= 11 is 0. The zero-order valence-electron chi connectivity index (χ0n) is 16.4. The second-order valence-electron chi connectivity index (χ2n) is 6.16. The lowest BCUT2D eigenvalue weighted by Gasteiger charge is -2.14. The molecule has 0 saturated heterocycles. The molecule has 0 saturated carbocycles. The van der Waals surface area contributed by atoms with Crippen LogP contribution in [0, 0.1) is 18.3 Å². The van der Waals surface area contributed by atoms with Gasteiger partial charge in [-0.2, -0.15) is 5.26 Å². The Morgan fingerprint density at radius 3 is 2.64 bits per heavy atom. The van der Waals surface area contributed by atoms with E-state index in [9.17, 15) is 4.79 Å². The van der Waals surface area contributed by atoms with Gasteiger partial charge in [-0.3, -0.25) is 4.79 Å². The number of amides is 1. The predicted octanol–water partition coefficient (Wildman–Crippen LogP) is 3.42. The van der Waals surface area contributed by atoms with Crippen LogP contribution in [0.4, 0.5) is 0 Å². The van der Waals surface area contributed by atoms with Gasteiger partial charge in [0.15, 0.2) is 11.5 Å². The number of nitriles is 1. The Morgan fingerprint density at radius 2 is 1.89 bits per heavy atom. The minimum Gasteiger partial charge on any atom is -0.490 e. The third kappa shape index (κ3) is 7.20. The molecule has 0 unspecified atom stereocenters. The highest BCUT2D eigenvalue weighted by atomic mass is 16.5. The van der Waals surface area contributed by atoms with Gasteiger partial charge in [0.25, 0.3) is 0 Å². The van der Waals surface area contributed by atoms with Crippen LogP contribution in [0.1, 0.15) is 24.5 Å². The van der Waals surface area contributed by atoms with Gasteiger partial charge in [0.2, 0.25) is 5.91 Å². The van der Waals surface area contributed by atoms with Crippen LogP contribution in [-0.2, 0) is 11.2 Å². The SMILES string of the molecule is CCOc1cc(CCNC(=O)CC#N)ccc1OCCOc1cccc(C)c1. The monoisotopic (exact) mass is 382 g/mol. The first kappa shape index (κ1) is 21.1. The number of benzene rings is 2. The Labute approximate surface area is 166 Å². The predicted molar refractivity (Wildman–Crippen MR) is 107 cm³/mol.